The van der Waals surface area contributed by atoms with Crippen LogP contribution in [-0.2, 0) is 0 Å². The molecular weight excluding hydrogens is 174 g/mol. The first-order chi connectivity index (χ1) is 4.35. The van der Waals surface area contributed by atoms with E-state index in [4.69, 9.17) is 0 Å². The third kappa shape index (κ3) is 5.28. The zero-order valence-corrected chi connectivity index (χ0v) is 13.8. The van der Waals surface area contributed by atoms with Crippen molar-refractivity contribution in [1.82, 2.24) is 4.23 Å². The number of hydrogen-bond acceptors (Lipinski definition) is 1. The lowest BCUT2D eigenvalue weighted by atomic mass is 10.3. The molecule has 0 rings (SSSR count). The summed E-state index contributed by atoms with van der Waals surface area (Å²) in [5.41, 5.74) is 0. The number of unbranched alkanes of at least 4 members (excludes halogenated alkanes) is 1. The summed E-state index contributed by atoms with van der Waals surface area (Å²) >= 11 is 0. The van der Waals surface area contributed by atoms with E-state index in [1.807, 2.05) is 0 Å². The van der Waals surface area contributed by atoms with Crippen molar-refractivity contribution < 1.29 is 0 Å². The Kier molecular flexibility index (Phi) is 7.58. The highest BCUT2D eigenvalue weighted by Gasteiger charge is 1.95. The first-order valence-electron chi connectivity index (χ1n) is 4.07. The van der Waals surface area contributed by atoms with Crippen LogP contribution >= 0.6 is 0 Å². The van der Waals surface area contributed by atoms with Gasteiger partial charge in [-0.1, -0.05) is 13.3 Å². The van der Waals surface area contributed by atoms with Crippen molar-refractivity contribution in [2.45, 2.75) is 19.8 Å². The molecule has 0 heterocycles. The summed E-state index contributed by atoms with van der Waals surface area (Å²) in [6.07, 6.45) is 2.85. The second-order valence-corrected chi connectivity index (χ2v) is 10.1. The predicted octanol–water partition coefficient (Wildman–Crippen LogP) is -3.18. The molecule has 0 radical (unpaired) electrons. The molecule has 0 unspecified atom stereocenters. The molecule has 56 valence electrons. The molecule has 0 N–H and O–H groups in total. The summed E-state index contributed by atoms with van der Waals surface area (Å²) in [5.74, 6) is 0. The molecule has 0 aliphatic heterocycles. The van der Waals surface area contributed by atoms with E-state index in [0.29, 0.717) is 18.4 Å². The molecule has 0 bridgehead atoms. The van der Waals surface area contributed by atoms with Gasteiger partial charge in [-0.05, 0) is 13.0 Å². The Balaban J connectivity index is 3.09. The zero-order chi connectivity index (χ0) is 7.11. The van der Waals surface area contributed by atoms with E-state index >= 15 is 0 Å². The van der Waals surface area contributed by atoms with Crippen molar-refractivity contribution in [3.63, 3.8) is 0 Å². The molecule has 0 fully saturated rings. The molecule has 9 heavy (non-hydrogen) atoms. The molecule has 0 aliphatic rings. The van der Waals surface area contributed by atoms with Crippen LogP contribution in [0.15, 0.2) is 0 Å². The van der Waals surface area contributed by atoms with Crippen molar-refractivity contribution in [3.8, 4) is 0 Å². The van der Waals surface area contributed by atoms with Gasteiger partial charge in [0.15, 0.2) is 0 Å². The quantitative estimate of drug-likeness (QED) is 0.416. The van der Waals surface area contributed by atoms with E-state index in [1.54, 1.807) is 0 Å². The standard InChI is InChI=1S/C4H19NSi4/c1-2-3-4-5(8-6)9-7/h2-4,8-9H2,1,6-7H3. The molecule has 0 aromatic rings. The number of hydrogen-bond donors (Lipinski definition) is 0. The van der Waals surface area contributed by atoms with Crippen LogP contribution in [0.3, 0.4) is 0 Å². The molecule has 0 atom stereocenters. The van der Waals surface area contributed by atoms with Crippen LogP contribution in [0, 0.1) is 0 Å². The molecule has 0 aliphatic carbocycles. The summed E-state index contributed by atoms with van der Waals surface area (Å²) in [5, 5.41) is 0. The topological polar surface area (TPSA) is 3.24 Å². The van der Waals surface area contributed by atoms with Gasteiger partial charge >= 0.3 is 0 Å². The smallest absolute Gasteiger partial charge is 0.0671 e. The van der Waals surface area contributed by atoms with Crippen LogP contribution in [0.4, 0.5) is 0 Å². The largest absolute Gasteiger partial charge is 0.360 e. The molecule has 5 heteroatoms. The SMILES string of the molecule is CCCCN([SiH2][SiH3])[SiH2][SiH3]. The van der Waals surface area contributed by atoms with Crippen LogP contribution in [0.25, 0.3) is 0 Å². The van der Waals surface area contributed by atoms with Gasteiger partial charge in [0, 0.05) is 19.5 Å². The maximum absolute atomic E-state index is 2.86. The molecule has 0 spiro atoms. The highest BCUT2D eigenvalue weighted by Crippen LogP contribution is 1.88. The minimum absolute atomic E-state index is 0.376. The van der Waals surface area contributed by atoms with E-state index in [9.17, 15) is 0 Å². The molecule has 0 aromatic heterocycles. The first kappa shape index (κ1) is 9.83. The maximum atomic E-state index is 2.86. The normalized spacial score (nSPS) is 14.0. The van der Waals surface area contributed by atoms with E-state index in [-0.39, 0.29) is 0 Å². The van der Waals surface area contributed by atoms with Crippen molar-refractivity contribution in [2.75, 3.05) is 6.54 Å². The Morgan fingerprint density at radius 1 is 1.33 bits per heavy atom. The zero-order valence-electron chi connectivity index (χ0n) is 6.98. The van der Waals surface area contributed by atoms with Gasteiger partial charge in [-0.15, -0.1) is 0 Å². The fraction of sp³-hybridized carbons (Fsp3) is 1.00. The van der Waals surface area contributed by atoms with Crippen LogP contribution in [-0.4, -0.2) is 48.7 Å². The van der Waals surface area contributed by atoms with Gasteiger partial charge in [-0.2, -0.15) is 0 Å². The molecule has 0 saturated heterocycles. The summed E-state index contributed by atoms with van der Waals surface area (Å²) in [6, 6.07) is 0. The highest BCUT2D eigenvalue weighted by molar-refractivity contribution is 6.98. The molecule has 0 amide bonds. The lowest BCUT2D eigenvalue weighted by Crippen LogP contribution is -2.33. The van der Waals surface area contributed by atoms with E-state index in [1.165, 1.54) is 38.9 Å². The van der Waals surface area contributed by atoms with Gasteiger partial charge in [0.2, 0.25) is 0 Å². The molecule has 0 aromatic carbocycles. The minimum Gasteiger partial charge on any atom is -0.360 e. The van der Waals surface area contributed by atoms with Gasteiger partial charge in [-0.3, -0.25) is 0 Å². The lowest BCUT2D eigenvalue weighted by molar-refractivity contribution is 0.628. The van der Waals surface area contributed by atoms with Crippen LogP contribution in [0.1, 0.15) is 19.8 Å². The third-order valence-electron chi connectivity index (χ3n) is 1.72. The third-order valence-corrected chi connectivity index (χ3v) is 17.6. The van der Waals surface area contributed by atoms with Gasteiger partial charge in [0.1, 0.15) is 0 Å². The van der Waals surface area contributed by atoms with Crippen molar-refractivity contribution in [1.29, 1.82) is 0 Å². The molecule has 1 nitrogen and oxygen atoms in total. The number of nitrogens with zero attached hydrogens (tertiary/aromatic N) is 1. The summed E-state index contributed by atoms with van der Waals surface area (Å²) in [6.45, 7) is 3.77. The fourth-order valence-electron chi connectivity index (χ4n) is 0.922. The Morgan fingerprint density at radius 2 is 1.89 bits per heavy atom. The van der Waals surface area contributed by atoms with Gasteiger partial charge in [0.05, 0.1) is 18.4 Å². The Labute approximate surface area is 68.8 Å². The maximum Gasteiger partial charge on any atom is 0.0671 e. The summed E-state index contributed by atoms with van der Waals surface area (Å²) in [4.78, 5) is 0. The minimum atomic E-state index is 0.376. The van der Waals surface area contributed by atoms with E-state index < -0.39 is 0 Å². The number of rotatable bonds is 5. The van der Waals surface area contributed by atoms with Crippen LogP contribution < -0.4 is 0 Å². The monoisotopic (exact) mass is 193 g/mol. The summed E-state index contributed by atoms with van der Waals surface area (Å²) < 4.78 is 2.86. The van der Waals surface area contributed by atoms with Crippen LogP contribution in [0.2, 0.25) is 0 Å². The van der Waals surface area contributed by atoms with E-state index in [2.05, 4.69) is 11.2 Å². The second-order valence-electron chi connectivity index (χ2n) is 2.38. The van der Waals surface area contributed by atoms with Crippen molar-refractivity contribution in [3.05, 3.63) is 0 Å². The Morgan fingerprint density at radius 3 is 2.22 bits per heavy atom. The van der Waals surface area contributed by atoms with Gasteiger partial charge < -0.3 is 4.23 Å². The Hall–Kier alpha value is 0.828. The molecule has 0 saturated carbocycles. The first-order valence-corrected chi connectivity index (χ1v) is 16.6. The van der Waals surface area contributed by atoms with Crippen LogP contribution in [0.5, 0.6) is 0 Å². The second kappa shape index (κ2) is 6.94. The predicted molar refractivity (Wildman–Crippen MR) is 58.6 cm³/mol. The average Bonchev–Trinajstić information content (AvgIpc) is 1.91. The van der Waals surface area contributed by atoms with Gasteiger partial charge in [-0.25, -0.2) is 0 Å². The highest BCUT2D eigenvalue weighted by atomic mass is 29.2. The van der Waals surface area contributed by atoms with Gasteiger partial charge in [0.25, 0.3) is 0 Å². The van der Waals surface area contributed by atoms with Crippen molar-refractivity contribution in [2.24, 2.45) is 0 Å². The lowest BCUT2D eigenvalue weighted by Gasteiger charge is -2.16. The Bertz CT molecular complexity index is 56.5. The fourth-order valence-corrected chi connectivity index (χ4v) is 21.8. The van der Waals surface area contributed by atoms with E-state index in [0.717, 1.165) is 0 Å². The average molecular weight is 194 g/mol. The van der Waals surface area contributed by atoms with Crippen molar-refractivity contribution >= 4 is 37.9 Å². The molecular formula is C4H19NSi4. The summed E-state index contributed by atoms with van der Waals surface area (Å²) in [7, 11) is 3.79.